The number of likely N-dealkylation sites (N-methyl/N-ethyl adjacent to an activating group) is 1. The zero-order valence-electron chi connectivity index (χ0n) is 17.8. The van der Waals surface area contributed by atoms with Crippen LogP contribution in [-0.4, -0.2) is 75.2 Å². The highest BCUT2D eigenvalue weighted by molar-refractivity contribution is 5.79. The van der Waals surface area contributed by atoms with E-state index < -0.39 is 0 Å². The highest BCUT2D eigenvalue weighted by Crippen LogP contribution is 2.46. The third kappa shape index (κ3) is 7.43. The Morgan fingerprint density at radius 3 is 2.54 bits per heavy atom. The van der Waals surface area contributed by atoms with Crippen molar-refractivity contribution < 1.29 is 0 Å². The Morgan fingerprint density at radius 2 is 1.88 bits per heavy atom. The van der Waals surface area contributed by atoms with E-state index in [0.29, 0.717) is 5.41 Å². The lowest BCUT2D eigenvalue weighted by atomic mass is 9.64. The van der Waals surface area contributed by atoms with Crippen molar-refractivity contribution in [2.75, 3.05) is 59.4 Å². The second-order valence-electron chi connectivity index (χ2n) is 8.93. The van der Waals surface area contributed by atoms with Crippen molar-refractivity contribution in [3.8, 4) is 0 Å². The van der Waals surface area contributed by atoms with Crippen molar-refractivity contribution in [3.63, 3.8) is 0 Å². The maximum atomic E-state index is 4.94. The van der Waals surface area contributed by atoms with Gasteiger partial charge in [0.05, 0.1) is 0 Å². The molecule has 1 saturated carbocycles. The largest absolute Gasteiger partial charge is 0.357 e. The number of aliphatic imine (C=N–C) groups is 1. The number of hydrogen-bond acceptors (Lipinski definition) is 3. The summed E-state index contributed by atoms with van der Waals surface area (Å²) in [5.41, 5.74) is 0.481. The van der Waals surface area contributed by atoms with Gasteiger partial charge in [-0.1, -0.05) is 20.3 Å². The molecule has 0 unspecified atom stereocenters. The van der Waals surface area contributed by atoms with Gasteiger partial charge < -0.3 is 20.4 Å². The average Bonchev–Trinajstić information content (AvgIpc) is 2.77. The van der Waals surface area contributed by atoms with E-state index in [2.05, 4.69) is 48.3 Å². The number of hydrogen-bond donors (Lipinski definition) is 2. The zero-order valence-corrected chi connectivity index (χ0v) is 17.8. The number of guanidine groups is 1. The van der Waals surface area contributed by atoms with Crippen LogP contribution in [0.15, 0.2) is 4.99 Å². The van der Waals surface area contributed by atoms with Crippen LogP contribution in [0.4, 0.5) is 0 Å². The summed E-state index contributed by atoms with van der Waals surface area (Å²) in [4.78, 5) is 10.0. The van der Waals surface area contributed by atoms with Crippen molar-refractivity contribution in [3.05, 3.63) is 0 Å². The zero-order chi connectivity index (χ0) is 18.8. The van der Waals surface area contributed by atoms with Gasteiger partial charge in [0.2, 0.25) is 0 Å². The second kappa shape index (κ2) is 11.1. The SMILES string of the molecule is CCNC(=NCC1(CC(C)C)CCC1)NCCCN1CCCN(C)CC1. The van der Waals surface area contributed by atoms with Gasteiger partial charge >= 0.3 is 0 Å². The molecule has 0 atom stereocenters. The lowest BCUT2D eigenvalue weighted by Crippen LogP contribution is -2.41. The molecule has 2 rings (SSSR count). The summed E-state index contributed by atoms with van der Waals surface area (Å²) in [5, 5.41) is 6.99. The van der Waals surface area contributed by atoms with E-state index >= 15 is 0 Å². The summed E-state index contributed by atoms with van der Waals surface area (Å²) < 4.78 is 0. The van der Waals surface area contributed by atoms with E-state index in [-0.39, 0.29) is 0 Å². The predicted molar refractivity (Wildman–Crippen MR) is 113 cm³/mol. The molecular formula is C21H43N5. The Morgan fingerprint density at radius 1 is 1.08 bits per heavy atom. The minimum atomic E-state index is 0.481. The Bertz CT molecular complexity index is 417. The minimum Gasteiger partial charge on any atom is -0.357 e. The first-order valence-corrected chi connectivity index (χ1v) is 11.0. The second-order valence-corrected chi connectivity index (χ2v) is 8.93. The van der Waals surface area contributed by atoms with Crippen LogP contribution in [0.5, 0.6) is 0 Å². The van der Waals surface area contributed by atoms with Gasteiger partial charge in [-0.05, 0) is 77.0 Å². The van der Waals surface area contributed by atoms with Crippen LogP contribution >= 0.6 is 0 Å². The summed E-state index contributed by atoms with van der Waals surface area (Å²) in [6.07, 6.45) is 7.91. The highest BCUT2D eigenvalue weighted by Gasteiger charge is 2.37. The van der Waals surface area contributed by atoms with Crippen LogP contribution < -0.4 is 10.6 Å². The molecule has 5 nitrogen and oxygen atoms in total. The first-order valence-electron chi connectivity index (χ1n) is 11.0. The average molecular weight is 366 g/mol. The van der Waals surface area contributed by atoms with Gasteiger partial charge in [0.1, 0.15) is 0 Å². The molecule has 2 aliphatic rings. The number of nitrogens with zero attached hydrogens (tertiary/aromatic N) is 3. The summed E-state index contributed by atoms with van der Waals surface area (Å²) in [6, 6.07) is 0. The summed E-state index contributed by atoms with van der Waals surface area (Å²) in [6.45, 7) is 15.9. The molecule has 0 aromatic carbocycles. The van der Waals surface area contributed by atoms with E-state index in [1.165, 1.54) is 71.2 Å². The predicted octanol–water partition coefficient (Wildman–Crippen LogP) is 2.79. The fourth-order valence-corrected chi connectivity index (χ4v) is 4.39. The maximum absolute atomic E-state index is 4.94. The van der Waals surface area contributed by atoms with Gasteiger partial charge in [-0.15, -0.1) is 0 Å². The van der Waals surface area contributed by atoms with Crippen LogP contribution in [0.2, 0.25) is 0 Å². The van der Waals surface area contributed by atoms with Crippen molar-refractivity contribution in [1.82, 2.24) is 20.4 Å². The molecule has 0 bridgehead atoms. The highest BCUT2D eigenvalue weighted by atomic mass is 15.2. The maximum Gasteiger partial charge on any atom is 0.191 e. The van der Waals surface area contributed by atoms with Gasteiger partial charge in [-0.3, -0.25) is 4.99 Å². The molecular weight excluding hydrogens is 322 g/mol. The Balaban J connectivity index is 1.71. The normalized spacial score (nSPS) is 22.1. The molecule has 0 spiro atoms. The Labute approximate surface area is 162 Å². The van der Waals surface area contributed by atoms with Crippen molar-refractivity contribution in [2.45, 2.75) is 59.3 Å². The molecule has 1 aliphatic heterocycles. The molecule has 2 N–H and O–H groups in total. The topological polar surface area (TPSA) is 42.9 Å². The van der Waals surface area contributed by atoms with Gasteiger partial charge in [-0.2, -0.15) is 0 Å². The van der Waals surface area contributed by atoms with Crippen molar-refractivity contribution in [2.24, 2.45) is 16.3 Å². The molecule has 1 heterocycles. The molecule has 0 aromatic rings. The van der Waals surface area contributed by atoms with Gasteiger partial charge in [-0.25, -0.2) is 0 Å². The minimum absolute atomic E-state index is 0.481. The quantitative estimate of drug-likeness (QED) is 0.375. The lowest BCUT2D eigenvalue weighted by Gasteiger charge is -2.42. The fourth-order valence-electron chi connectivity index (χ4n) is 4.39. The number of rotatable bonds is 9. The summed E-state index contributed by atoms with van der Waals surface area (Å²) >= 11 is 0. The molecule has 0 aromatic heterocycles. The van der Waals surface area contributed by atoms with E-state index in [1.807, 2.05) is 0 Å². The molecule has 5 heteroatoms. The molecule has 1 saturated heterocycles. The van der Waals surface area contributed by atoms with Crippen LogP contribution in [0.3, 0.4) is 0 Å². The molecule has 0 amide bonds. The lowest BCUT2D eigenvalue weighted by molar-refractivity contribution is 0.111. The van der Waals surface area contributed by atoms with Crippen molar-refractivity contribution in [1.29, 1.82) is 0 Å². The fraction of sp³-hybridized carbons (Fsp3) is 0.952. The van der Waals surface area contributed by atoms with Gasteiger partial charge in [0.15, 0.2) is 5.96 Å². The Kier molecular flexibility index (Phi) is 9.20. The van der Waals surface area contributed by atoms with E-state index in [4.69, 9.17) is 4.99 Å². The van der Waals surface area contributed by atoms with Crippen LogP contribution in [-0.2, 0) is 0 Å². The van der Waals surface area contributed by atoms with Crippen molar-refractivity contribution >= 4 is 5.96 Å². The molecule has 26 heavy (non-hydrogen) atoms. The molecule has 1 aliphatic carbocycles. The van der Waals surface area contributed by atoms with Crippen LogP contribution in [0, 0.1) is 11.3 Å². The van der Waals surface area contributed by atoms with Crippen LogP contribution in [0.1, 0.15) is 59.3 Å². The third-order valence-corrected chi connectivity index (χ3v) is 5.93. The van der Waals surface area contributed by atoms with Gasteiger partial charge in [0, 0.05) is 32.7 Å². The number of nitrogens with one attached hydrogen (secondary N) is 2. The summed E-state index contributed by atoms with van der Waals surface area (Å²) in [5.74, 6) is 1.78. The molecule has 152 valence electrons. The third-order valence-electron chi connectivity index (χ3n) is 5.93. The smallest absolute Gasteiger partial charge is 0.191 e. The standard InChI is InChI=1S/C21H43N5/c1-5-22-20(24-18-21(9-6-10-21)17-19(2)3)23-11-7-13-26-14-8-12-25(4)15-16-26/h19H,5-18H2,1-4H3,(H2,22,23,24). The Hall–Kier alpha value is -0.810. The molecule has 2 fully saturated rings. The van der Waals surface area contributed by atoms with E-state index in [9.17, 15) is 0 Å². The first-order chi connectivity index (χ1) is 12.5. The van der Waals surface area contributed by atoms with E-state index in [1.54, 1.807) is 0 Å². The van der Waals surface area contributed by atoms with E-state index in [0.717, 1.165) is 31.5 Å². The molecule has 0 radical (unpaired) electrons. The summed E-state index contributed by atoms with van der Waals surface area (Å²) in [7, 11) is 2.23. The van der Waals surface area contributed by atoms with Gasteiger partial charge in [0.25, 0.3) is 0 Å². The first kappa shape index (κ1) is 21.5. The van der Waals surface area contributed by atoms with Crippen LogP contribution in [0.25, 0.3) is 0 Å². The monoisotopic (exact) mass is 365 g/mol.